The average molecular weight is 302 g/mol. The quantitative estimate of drug-likeness (QED) is 0.652. The van der Waals surface area contributed by atoms with E-state index in [4.69, 9.17) is 5.73 Å². The molecule has 6 nitrogen and oxygen atoms in total. The van der Waals surface area contributed by atoms with Gasteiger partial charge in [-0.3, -0.25) is 9.69 Å². The Hall–Kier alpha value is -2.24. The van der Waals surface area contributed by atoms with Crippen molar-refractivity contribution in [2.75, 3.05) is 30.3 Å². The fraction of sp³-hybridized carbons (Fsp3) is 0.500. The first-order chi connectivity index (χ1) is 10.4. The number of amides is 3. The van der Waals surface area contributed by atoms with Crippen LogP contribution in [0.5, 0.6) is 0 Å². The highest BCUT2D eigenvalue weighted by Gasteiger charge is 2.44. The molecule has 1 fully saturated rings. The van der Waals surface area contributed by atoms with Crippen molar-refractivity contribution in [1.29, 1.82) is 0 Å². The minimum atomic E-state index is -0.804. The normalized spacial score (nSPS) is 20.1. The lowest BCUT2D eigenvalue weighted by Crippen LogP contribution is -2.42. The van der Waals surface area contributed by atoms with E-state index in [0.29, 0.717) is 13.1 Å². The van der Waals surface area contributed by atoms with E-state index >= 15 is 0 Å². The first kappa shape index (κ1) is 14.7. The molecule has 0 bridgehead atoms. The van der Waals surface area contributed by atoms with Crippen molar-refractivity contribution >= 4 is 23.3 Å². The highest BCUT2D eigenvalue weighted by Crippen LogP contribution is 2.31. The maximum absolute atomic E-state index is 12.2. The second-order valence-corrected chi connectivity index (χ2v) is 6.45. The van der Waals surface area contributed by atoms with E-state index in [9.17, 15) is 9.59 Å². The fourth-order valence-corrected chi connectivity index (χ4v) is 3.20. The molecule has 0 aliphatic carbocycles. The second kappa shape index (κ2) is 5.19. The summed E-state index contributed by atoms with van der Waals surface area (Å²) in [5.41, 5.74) is 8.36. The van der Waals surface area contributed by atoms with Gasteiger partial charge in [0.25, 0.3) is 5.91 Å². The summed E-state index contributed by atoms with van der Waals surface area (Å²) < 4.78 is 0. The monoisotopic (exact) mass is 302 g/mol. The molecule has 0 radical (unpaired) electrons. The Morgan fingerprint density at radius 1 is 1.27 bits per heavy atom. The predicted octanol–water partition coefficient (Wildman–Crippen LogP) is 1.35. The number of anilines is 2. The van der Waals surface area contributed by atoms with Crippen molar-refractivity contribution in [3.63, 3.8) is 0 Å². The Morgan fingerprint density at radius 2 is 2.05 bits per heavy atom. The van der Waals surface area contributed by atoms with E-state index in [2.05, 4.69) is 16.3 Å². The highest BCUT2D eigenvalue weighted by molar-refractivity contribution is 6.06. The number of nitrogens with two attached hydrogens (primary N) is 1. The van der Waals surface area contributed by atoms with Crippen LogP contribution in [0.3, 0.4) is 0 Å². The van der Waals surface area contributed by atoms with Gasteiger partial charge in [-0.1, -0.05) is 6.07 Å². The van der Waals surface area contributed by atoms with Crippen molar-refractivity contribution in [2.45, 2.75) is 32.2 Å². The molecule has 1 aromatic rings. The molecule has 2 aliphatic rings. The van der Waals surface area contributed by atoms with Crippen LogP contribution in [0.4, 0.5) is 16.2 Å². The van der Waals surface area contributed by atoms with E-state index in [-0.39, 0.29) is 11.9 Å². The number of rotatable bonds is 3. The predicted molar refractivity (Wildman–Crippen MR) is 85.7 cm³/mol. The third kappa shape index (κ3) is 2.38. The molecule has 1 aromatic carbocycles. The molecule has 118 valence electrons. The lowest BCUT2D eigenvalue weighted by Gasteiger charge is -2.33. The van der Waals surface area contributed by atoms with Crippen molar-refractivity contribution in [3.8, 4) is 0 Å². The number of carbonyl (C=O) groups excluding carboxylic acids is 2. The number of nitrogens with one attached hydrogen (secondary N) is 1. The minimum absolute atomic E-state index is 0.165. The van der Waals surface area contributed by atoms with Crippen molar-refractivity contribution < 1.29 is 9.59 Å². The average Bonchev–Trinajstić information content (AvgIpc) is 2.66. The summed E-state index contributed by atoms with van der Waals surface area (Å²) in [7, 11) is 0. The number of benzene rings is 1. The molecule has 0 atom stereocenters. The van der Waals surface area contributed by atoms with E-state index < -0.39 is 5.54 Å². The maximum atomic E-state index is 12.2. The lowest BCUT2D eigenvalue weighted by molar-refractivity contribution is -0.130. The molecule has 6 heteroatoms. The third-order valence-corrected chi connectivity index (χ3v) is 4.42. The summed E-state index contributed by atoms with van der Waals surface area (Å²) in [6.45, 7) is 5.39. The number of nitrogen functional groups attached to an aromatic ring is 1. The Bertz CT molecular complexity index is 627. The first-order valence-corrected chi connectivity index (χ1v) is 7.66. The number of nitrogens with zero attached hydrogens (tertiary/aromatic N) is 2. The van der Waals surface area contributed by atoms with Gasteiger partial charge in [-0.2, -0.15) is 0 Å². The lowest BCUT2D eigenvalue weighted by atomic mass is 10.00. The number of hydrogen-bond donors (Lipinski definition) is 2. The Kier molecular flexibility index (Phi) is 3.47. The van der Waals surface area contributed by atoms with Gasteiger partial charge < -0.3 is 16.0 Å². The van der Waals surface area contributed by atoms with Crippen LogP contribution >= 0.6 is 0 Å². The zero-order valence-electron chi connectivity index (χ0n) is 13.1. The molecule has 3 N–H and O–H groups in total. The van der Waals surface area contributed by atoms with Crippen LogP contribution in [0.2, 0.25) is 0 Å². The topological polar surface area (TPSA) is 78.7 Å². The highest BCUT2D eigenvalue weighted by atomic mass is 16.2. The Balaban J connectivity index is 1.73. The minimum Gasteiger partial charge on any atom is -0.398 e. The van der Waals surface area contributed by atoms with Crippen LogP contribution in [-0.2, 0) is 11.2 Å². The molecule has 0 unspecified atom stereocenters. The number of imide groups is 1. The van der Waals surface area contributed by atoms with Gasteiger partial charge in [-0.05, 0) is 44.4 Å². The summed E-state index contributed by atoms with van der Waals surface area (Å²) in [5.74, 6) is -0.165. The summed E-state index contributed by atoms with van der Waals surface area (Å²) in [4.78, 5) is 27.7. The van der Waals surface area contributed by atoms with E-state index in [1.165, 1.54) is 10.5 Å². The number of fused-ring (bicyclic) bond motifs is 1. The number of hydrogen-bond acceptors (Lipinski definition) is 4. The summed E-state index contributed by atoms with van der Waals surface area (Å²) in [6.07, 6.45) is 2.02. The standard InChI is InChI=1S/C16H22N4O2/c1-16(2)14(21)20(15(22)18-16)10-9-19-8-4-5-11-12(17)6-3-7-13(11)19/h3,6-7H,4-5,8-10,17H2,1-2H3,(H,18,22). The van der Waals surface area contributed by atoms with Gasteiger partial charge >= 0.3 is 6.03 Å². The zero-order valence-corrected chi connectivity index (χ0v) is 13.1. The van der Waals surface area contributed by atoms with Crippen LogP contribution in [0, 0.1) is 0 Å². The van der Waals surface area contributed by atoms with E-state index in [0.717, 1.165) is 30.8 Å². The van der Waals surface area contributed by atoms with Gasteiger partial charge in [0.05, 0.1) is 0 Å². The largest absolute Gasteiger partial charge is 0.398 e. The van der Waals surface area contributed by atoms with E-state index in [1.54, 1.807) is 13.8 Å². The van der Waals surface area contributed by atoms with Gasteiger partial charge in [0.15, 0.2) is 0 Å². The van der Waals surface area contributed by atoms with Gasteiger partial charge in [0.2, 0.25) is 0 Å². The van der Waals surface area contributed by atoms with Crippen LogP contribution in [0.15, 0.2) is 18.2 Å². The molecular weight excluding hydrogens is 280 g/mol. The number of urea groups is 1. The van der Waals surface area contributed by atoms with Gasteiger partial charge in [0.1, 0.15) is 5.54 Å². The summed E-state index contributed by atoms with van der Waals surface area (Å²) in [5, 5.41) is 2.71. The number of carbonyl (C=O) groups is 2. The molecule has 2 aliphatic heterocycles. The second-order valence-electron chi connectivity index (χ2n) is 6.45. The van der Waals surface area contributed by atoms with Crippen LogP contribution in [-0.4, -0.2) is 42.0 Å². The fourth-order valence-electron chi connectivity index (χ4n) is 3.20. The van der Waals surface area contributed by atoms with Crippen molar-refractivity contribution in [2.24, 2.45) is 0 Å². The SMILES string of the molecule is CC1(C)NC(=O)N(CCN2CCCc3c(N)cccc32)C1=O. The zero-order chi connectivity index (χ0) is 15.9. The molecule has 3 rings (SSSR count). The summed E-state index contributed by atoms with van der Waals surface area (Å²) in [6, 6.07) is 5.62. The molecule has 3 amide bonds. The Labute approximate surface area is 130 Å². The molecule has 1 saturated heterocycles. The molecule has 0 aromatic heterocycles. The first-order valence-electron chi connectivity index (χ1n) is 7.66. The van der Waals surface area contributed by atoms with Crippen LogP contribution in [0.25, 0.3) is 0 Å². The smallest absolute Gasteiger partial charge is 0.325 e. The van der Waals surface area contributed by atoms with Crippen molar-refractivity contribution in [1.82, 2.24) is 10.2 Å². The van der Waals surface area contributed by atoms with Gasteiger partial charge in [-0.15, -0.1) is 0 Å². The van der Waals surface area contributed by atoms with E-state index in [1.807, 2.05) is 12.1 Å². The molecular formula is C16H22N4O2. The van der Waals surface area contributed by atoms with Crippen LogP contribution in [0.1, 0.15) is 25.8 Å². The van der Waals surface area contributed by atoms with Crippen LogP contribution < -0.4 is 16.0 Å². The van der Waals surface area contributed by atoms with Crippen molar-refractivity contribution in [3.05, 3.63) is 23.8 Å². The maximum Gasteiger partial charge on any atom is 0.325 e. The molecule has 22 heavy (non-hydrogen) atoms. The molecule has 0 spiro atoms. The Morgan fingerprint density at radius 3 is 2.73 bits per heavy atom. The van der Waals surface area contributed by atoms with Gasteiger partial charge in [-0.25, -0.2) is 4.79 Å². The van der Waals surface area contributed by atoms with Gasteiger partial charge in [0, 0.05) is 31.0 Å². The summed E-state index contributed by atoms with van der Waals surface area (Å²) >= 11 is 0. The molecule has 0 saturated carbocycles. The third-order valence-electron chi connectivity index (χ3n) is 4.42. The molecule has 2 heterocycles.